The van der Waals surface area contributed by atoms with Gasteiger partial charge in [0.1, 0.15) is 4.32 Å². The Morgan fingerprint density at radius 1 is 1.18 bits per heavy atom. The van der Waals surface area contributed by atoms with Crippen molar-refractivity contribution in [2.45, 2.75) is 45.1 Å². The lowest BCUT2D eigenvalue weighted by Crippen LogP contribution is -2.39. The van der Waals surface area contributed by atoms with Gasteiger partial charge in [-0.05, 0) is 55.2 Å². The SMILES string of the molecule is COc1cc(/C=C2/SC(=S)N(C3CCCCC3)C2=O)ccc1OCC(=O)Nc1ccccc1C. The van der Waals surface area contributed by atoms with Crippen LogP contribution in [0.15, 0.2) is 47.4 Å². The minimum atomic E-state index is -0.258. The number of nitrogens with one attached hydrogen (secondary N) is 1. The van der Waals surface area contributed by atoms with E-state index in [9.17, 15) is 9.59 Å². The third-order valence-electron chi connectivity index (χ3n) is 6.03. The van der Waals surface area contributed by atoms with Crippen molar-refractivity contribution < 1.29 is 19.1 Å². The number of rotatable bonds is 7. The van der Waals surface area contributed by atoms with Gasteiger partial charge in [0.25, 0.3) is 11.8 Å². The second kappa shape index (κ2) is 11.1. The summed E-state index contributed by atoms with van der Waals surface area (Å²) in [5, 5.41) is 2.85. The number of aryl methyl sites for hydroxylation is 1. The number of benzene rings is 2. The number of amides is 2. The summed E-state index contributed by atoms with van der Waals surface area (Å²) in [4.78, 5) is 27.8. The lowest BCUT2D eigenvalue weighted by atomic mass is 9.94. The number of carbonyl (C=O) groups excluding carboxylic acids is 2. The van der Waals surface area contributed by atoms with Gasteiger partial charge >= 0.3 is 0 Å². The van der Waals surface area contributed by atoms with E-state index in [4.69, 9.17) is 21.7 Å². The Hall–Kier alpha value is -2.84. The maximum absolute atomic E-state index is 13.0. The highest BCUT2D eigenvalue weighted by molar-refractivity contribution is 8.26. The predicted octanol–water partition coefficient (Wildman–Crippen LogP) is 5.56. The van der Waals surface area contributed by atoms with Crippen LogP contribution in [-0.4, -0.2) is 40.8 Å². The Balaban J connectivity index is 1.42. The standard InChI is InChI=1S/C26H28N2O4S2/c1-17-8-6-7-11-20(17)27-24(29)16-32-21-13-12-18(14-22(21)31-2)15-23-25(30)28(26(33)34-23)19-9-4-3-5-10-19/h6-8,11-15,19H,3-5,9-10,16H2,1-2H3,(H,27,29)/b23-15+. The molecule has 0 radical (unpaired) electrons. The van der Waals surface area contributed by atoms with Crippen LogP contribution in [0.25, 0.3) is 6.08 Å². The fourth-order valence-electron chi connectivity index (χ4n) is 4.22. The summed E-state index contributed by atoms with van der Waals surface area (Å²) >= 11 is 6.87. The van der Waals surface area contributed by atoms with E-state index in [0.717, 1.165) is 42.5 Å². The predicted molar refractivity (Wildman–Crippen MR) is 140 cm³/mol. The van der Waals surface area contributed by atoms with Crippen molar-refractivity contribution in [2.75, 3.05) is 19.0 Å². The Morgan fingerprint density at radius 3 is 2.68 bits per heavy atom. The molecule has 1 aliphatic heterocycles. The third-order valence-corrected chi connectivity index (χ3v) is 7.36. The highest BCUT2D eigenvalue weighted by atomic mass is 32.2. The molecule has 1 aliphatic carbocycles. The van der Waals surface area contributed by atoms with Crippen LogP contribution in [0.3, 0.4) is 0 Å². The number of carbonyl (C=O) groups is 2. The van der Waals surface area contributed by atoms with Gasteiger partial charge in [0.05, 0.1) is 12.0 Å². The van der Waals surface area contributed by atoms with Gasteiger partial charge < -0.3 is 14.8 Å². The number of hydrogen-bond acceptors (Lipinski definition) is 6. The smallest absolute Gasteiger partial charge is 0.266 e. The van der Waals surface area contributed by atoms with Crippen LogP contribution in [0.2, 0.25) is 0 Å². The topological polar surface area (TPSA) is 67.9 Å². The second-order valence-corrected chi connectivity index (χ2v) is 10.1. The summed E-state index contributed by atoms with van der Waals surface area (Å²) in [6, 6.07) is 13.2. The third kappa shape index (κ3) is 5.62. The maximum Gasteiger partial charge on any atom is 0.266 e. The number of hydrogen-bond donors (Lipinski definition) is 1. The van der Waals surface area contributed by atoms with Gasteiger partial charge in [0.2, 0.25) is 0 Å². The molecule has 1 heterocycles. The van der Waals surface area contributed by atoms with Crippen molar-refractivity contribution in [3.8, 4) is 11.5 Å². The molecule has 1 saturated heterocycles. The molecule has 2 aromatic carbocycles. The van der Waals surface area contributed by atoms with Crippen molar-refractivity contribution in [3.63, 3.8) is 0 Å². The summed E-state index contributed by atoms with van der Waals surface area (Å²) in [6.45, 7) is 1.78. The first-order valence-electron chi connectivity index (χ1n) is 11.4. The first kappa shape index (κ1) is 24.3. The number of anilines is 1. The van der Waals surface area contributed by atoms with Gasteiger partial charge in [-0.2, -0.15) is 0 Å². The van der Waals surface area contributed by atoms with E-state index >= 15 is 0 Å². The molecular formula is C26H28N2O4S2. The minimum Gasteiger partial charge on any atom is -0.493 e. The van der Waals surface area contributed by atoms with Crippen molar-refractivity contribution in [1.29, 1.82) is 0 Å². The molecular weight excluding hydrogens is 468 g/mol. The van der Waals surface area contributed by atoms with Crippen molar-refractivity contribution in [2.24, 2.45) is 0 Å². The zero-order chi connectivity index (χ0) is 24.1. The number of methoxy groups -OCH3 is 1. The fraction of sp³-hybridized carbons (Fsp3) is 0.346. The molecule has 2 amide bonds. The number of para-hydroxylation sites is 1. The van der Waals surface area contributed by atoms with E-state index in [0.29, 0.717) is 20.7 Å². The van der Waals surface area contributed by atoms with Crippen LogP contribution < -0.4 is 14.8 Å². The number of thioether (sulfide) groups is 1. The van der Waals surface area contributed by atoms with Gasteiger partial charge in [-0.15, -0.1) is 0 Å². The molecule has 1 N–H and O–H groups in total. The van der Waals surface area contributed by atoms with Crippen molar-refractivity contribution in [1.82, 2.24) is 4.90 Å². The fourth-order valence-corrected chi connectivity index (χ4v) is 5.62. The molecule has 0 atom stereocenters. The lowest BCUT2D eigenvalue weighted by Gasteiger charge is -2.29. The molecule has 0 unspecified atom stereocenters. The van der Waals surface area contributed by atoms with Crippen LogP contribution >= 0.6 is 24.0 Å². The zero-order valence-corrected chi connectivity index (χ0v) is 21.0. The van der Waals surface area contributed by atoms with Crippen LogP contribution in [0, 0.1) is 6.92 Å². The molecule has 8 heteroatoms. The Labute approximate surface area is 209 Å². The van der Waals surface area contributed by atoms with Crippen LogP contribution in [0.4, 0.5) is 5.69 Å². The van der Waals surface area contributed by atoms with Crippen LogP contribution in [0.5, 0.6) is 11.5 Å². The van der Waals surface area contributed by atoms with Crippen LogP contribution in [-0.2, 0) is 9.59 Å². The Bertz CT molecular complexity index is 1130. The monoisotopic (exact) mass is 496 g/mol. The first-order valence-corrected chi connectivity index (χ1v) is 12.6. The van der Waals surface area contributed by atoms with Gasteiger partial charge in [-0.25, -0.2) is 0 Å². The van der Waals surface area contributed by atoms with E-state index in [2.05, 4.69) is 5.32 Å². The molecule has 6 nitrogen and oxygen atoms in total. The highest BCUT2D eigenvalue weighted by Gasteiger charge is 2.37. The molecule has 0 spiro atoms. The number of nitrogens with zero attached hydrogens (tertiary/aromatic N) is 1. The lowest BCUT2D eigenvalue weighted by molar-refractivity contribution is -0.124. The quantitative estimate of drug-likeness (QED) is 0.400. The second-order valence-electron chi connectivity index (χ2n) is 8.41. The zero-order valence-electron chi connectivity index (χ0n) is 19.3. The van der Waals surface area contributed by atoms with E-state index in [-0.39, 0.29) is 24.5 Å². The average molecular weight is 497 g/mol. The molecule has 34 heavy (non-hydrogen) atoms. The summed E-state index contributed by atoms with van der Waals surface area (Å²) in [6.07, 6.45) is 7.36. The van der Waals surface area contributed by atoms with E-state index in [1.807, 2.05) is 43.3 Å². The largest absolute Gasteiger partial charge is 0.493 e. The molecule has 2 fully saturated rings. The Morgan fingerprint density at radius 2 is 1.94 bits per heavy atom. The first-order chi connectivity index (χ1) is 16.5. The van der Waals surface area contributed by atoms with E-state index < -0.39 is 0 Å². The molecule has 2 aromatic rings. The normalized spacial score (nSPS) is 17.8. The van der Waals surface area contributed by atoms with Crippen molar-refractivity contribution in [3.05, 3.63) is 58.5 Å². The Kier molecular flexibility index (Phi) is 7.90. The minimum absolute atomic E-state index is 0.0194. The van der Waals surface area contributed by atoms with E-state index in [1.54, 1.807) is 24.1 Å². The maximum atomic E-state index is 13.0. The number of ether oxygens (including phenoxy) is 2. The summed E-state index contributed by atoms with van der Waals surface area (Å²) in [5.41, 5.74) is 2.54. The van der Waals surface area contributed by atoms with Gasteiger partial charge in [-0.3, -0.25) is 14.5 Å². The molecule has 2 aliphatic rings. The van der Waals surface area contributed by atoms with Crippen LogP contribution in [0.1, 0.15) is 43.2 Å². The highest BCUT2D eigenvalue weighted by Crippen LogP contribution is 2.38. The average Bonchev–Trinajstić information content (AvgIpc) is 3.12. The van der Waals surface area contributed by atoms with Gasteiger partial charge in [-0.1, -0.05) is 67.5 Å². The molecule has 178 valence electrons. The van der Waals surface area contributed by atoms with Crippen molar-refractivity contribution >= 4 is 51.9 Å². The summed E-state index contributed by atoms with van der Waals surface area (Å²) in [7, 11) is 1.54. The number of thiocarbonyl (C=S) groups is 1. The molecule has 4 rings (SSSR count). The molecule has 1 saturated carbocycles. The van der Waals surface area contributed by atoms with Gasteiger partial charge in [0, 0.05) is 11.7 Å². The van der Waals surface area contributed by atoms with E-state index in [1.165, 1.54) is 18.2 Å². The van der Waals surface area contributed by atoms with Gasteiger partial charge in [0.15, 0.2) is 18.1 Å². The summed E-state index contributed by atoms with van der Waals surface area (Å²) < 4.78 is 11.8. The molecule has 0 aromatic heterocycles. The molecule has 0 bridgehead atoms. The summed E-state index contributed by atoms with van der Waals surface area (Å²) in [5.74, 6) is 0.662.